The second kappa shape index (κ2) is 8.76. The van der Waals surface area contributed by atoms with Gasteiger partial charge in [-0.25, -0.2) is 9.36 Å². The molecular formula is C44H26BN5O. The van der Waals surface area contributed by atoms with Crippen LogP contribution in [0.25, 0.3) is 93.4 Å². The normalized spacial score (nSPS) is 13.3. The quantitative estimate of drug-likeness (QED) is 0.168. The van der Waals surface area contributed by atoms with Crippen LogP contribution in [0.1, 0.15) is 11.4 Å². The summed E-state index contributed by atoms with van der Waals surface area (Å²) in [4.78, 5) is 0. The van der Waals surface area contributed by atoms with Gasteiger partial charge in [-0.05, 0) is 83.5 Å². The molecule has 0 aliphatic carbocycles. The van der Waals surface area contributed by atoms with Crippen molar-refractivity contribution in [2.24, 2.45) is 0 Å². The van der Waals surface area contributed by atoms with Crippen molar-refractivity contribution in [2.45, 2.75) is 13.8 Å². The minimum Gasteiger partial charge on any atom is -0.456 e. The van der Waals surface area contributed by atoms with Crippen molar-refractivity contribution in [1.82, 2.24) is 24.1 Å². The van der Waals surface area contributed by atoms with Gasteiger partial charge < -0.3 is 8.98 Å². The van der Waals surface area contributed by atoms with Crippen LogP contribution >= 0.6 is 0 Å². The zero-order chi connectivity index (χ0) is 33.3. The van der Waals surface area contributed by atoms with E-state index in [0.29, 0.717) is 0 Å². The van der Waals surface area contributed by atoms with Crippen molar-refractivity contribution in [3.05, 3.63) is 133 Å². The molecule has 6 heterocycles. The van der Waals surface area contributed by atoms with Crippen LogP contribution in [0, 0.1) is 13.8 Å². The fraction of sp³-hybridized carbons (Fsp3) is 0.0455. The summed E-state index contributed by atoms with van der Waals surface area (Å²) in [5, 5.41) is 20.2. The van der Waals surface area contributed by atoms with E-state index in [1.165, 1.54) is 59.9 Å². The van der Waals surface area contributed by atoms with Crippen molar-refractivity contribution in [2.75, 3.05) is 0 Å². The van der Waals surface area contributed by atoms with Gasteiger partial charge in [0.15, 0.2) is 0 Å². The molecule has 0 N–H and O–H groups in total. The molecule has 0 bridgehead atoms. The Labute approximate surface area is 290 Å². The van der Waals surface area contributed by atoms with E-state index >= 15 is 0 Å². The number of aromatic nitrogens is 5. The molecule has 51 heavy (non-hydrogen) atoms. The minimum atomic E-state index is -0.0739. The van der Waals surface area contributed by atoms with Crippen LogP contribution in [-0.2, 0) is 0 Å². The van der Waals surface area contributed by atoms with Crippen molar-refractivity contribution < 1.29 is 4.42 Å². The molecule has 0 spiro atoms. The summed E-state index contributed by atoms with van der Waals surface area (Å²) in [5.41, 5.74) is 15.5. The number of hydrogen-bond acceptors (Lipinski definition) is 3. The maximum atomic E-state index is 6.65. The Morgan fingerprint density at radius 1 is 0.510 bits per heavy atom. The number of rotatable bonds is 1. The first-order valence-corrected chi connectivity index (χ1v) is 17.6. The van der Waals surface area contributed by atoms with Crippen molar-refractivity contribution >= 4 is 99.4 Å². The van der Waals surface area contributed by atoms with Gasteiger partial charge in [0.05, 0.1) is 50.5 Å². The zero-order valence-corrected chi connectivity index (χ0v) is 27.8. The molecule has 11 aromatic rings. The molecule has 236 valence electrons. The first-order chi connectivity index (χ1) is 25.1. The Bertz CT molecular complexity index is 3360. The SMILES string of the molecule is Cc1nn2c3c(c4ccccc4cc13)B1c3c-2cc(-n2c4ccccc4c4ccccc42)cc3-n2nc(C)c3cc4oc5ccccc5c4c1c32. The highest BCUT2D eigenvalue weighted by Gasteiger charge is 2.44. The van der Waals surface area contributed by atoms with E-state index in [-0.39, 0.29) is 6.71 Å². The molecule has 0 radical (unpaired) electrons. The lowest BCUT2D eigenvalue weighted by Gasteiger charge is -2.33. The summed E-state index contributed by atoms with van der Waals surface area (Å²) < 4.78 is 13.5. The van der Waals surface area contributed by atoms with Gasteiger partial charge in [0, 0.05) is 32.3 Å². The van der Waals surface area contributed by atoms with Crippen molar-refractivity contribution in [1.29, 1.82) is 0 Å². The van der Waals surface area contributed by atoms with Crippen LogP contribution in [0.4, 0.5) is 0 Å². The van der Waals surface area contributed by atoms with Crippen LogP contribution in [0.15, 0.2) is 126 Å². The van der Waals surface area contributed by atoms with E-state index in [1.807, 2.05) is 0 Å². The highest BCUT2D eigenvalue weighted by Crippen LogP contribution is 2.40. The van der Waals surface area contributed by atoms with Gasteiger partial charge in [-0.2, -0.15) is 10.2 Å². The molecule has 0 unspecified atom stereocenters. The van der Waals surface area contributed by atoms with Crippen LogP contribution < -0.4 is 16.4 Å². The average Bonchev–Trinajstić information content (AvgIpc) is 3.90. The predicted molar refractivity (Wildman–Crippen MR) is 209 cm³/mol. The minimum absolute atomic E-state index is 0.0739. The van der Waals surface area contributed by atoms with Gasteiger partial charge in [0.25, 0.3) is 6.71 Å². The largest absolute Gasteiger partial charge is 0.456 e. The Balaban J connectivity index is 1.29. The summed E-state index contributed by atoms with van der Waals surface area (Å²) >= 11 is 0. The molecule has 0 amide bonds. The lowest BCUT2D eigenvalue weighted by molar-refractivity contribution is 0.669. The summed E-state index contributed by atoms with van der Waals surface area (Å²) in [5.74, 6) is 0. The Morgan fingerprint density at radius 2 is 1.08 bits per heavy atom. The predicted octanol–water partition coefficient (Wildman–Crippen LogP) is 8.27. The molecule has 0 atom stereocenters. The Kier molecular flexibility index (Phi) is 4.52. The molecule has 4 aromatic heterocycles. The summed E-state index contributed by atoms with van der Waals surface area (Å²) in [7, 11) is 0. The van der Waals surface area contributed by atoms with E-state index in [4.69, 9.17) is 14.6 Å². The number of nitrogens with zero attached hydrogens (tertiary/aromatic N) is 5. The Morgan fingerprint density at radius 3 is 1.78 bits per heavy atom. The maximum absolute atomic E-state index is 6.65. The molecule has 13 rings (SSSR count). The second-order valence-electron chi connectivity index (χ2n) is 14.3. The van der Waals surface area contributed by atoms with Crippen LogP contribution in [0.5, 0.6) is 0 Å². The van der Waals surface area contributed by atoms with E-state index in [1.54, 1.807) is 0 Å². The topological polar surface area (TPSA) is 53.7 Å². The van der Waals surface area contributed by atoms with Crippen LogP contribution in [-0.4, -0.2) is 30.8 Å². The number of fused-ring (bicyclic) bond motifs is 13. The standard InChI is InChI=1S/C44H26BN5O/c1-23-31-19-25-11-3-4-12-27(25)40-43(31)49(46-23)35-20-26(48-33-16-8-5-13-28(33)29-14-6-9-17-34(29)48)21-36-41(35)45(40)42-39-30-15-7-10-18-37(30)51-38(39)22-32-24(2)47-50(36)44(32)42/h3-22H,1-2H3. The monoisotopic (exact) mass is 651 g/mol. The van der Waals surface area contributed by atoms with Gasteiger partial charge in [-0.3, -0.25) is 0 Å². The maximum Gasteiger partial charge on any atom is 0.254 e. The molecule has 0 saturated carbocycles. The van der Waals surface area contributed by atoms with Gasteiger partial charge in [0.2, 0.25) is 0 Å². The number of para-hydroxylation sites is 3. The van der Waals surface area contributed by atoms with Gasteiger partial charge in [-0.15, -0.1) is 0 Å². The smallest absolute Gasteiger partial charge is 0.254 e. The average molecular weight is 652 g/mol. The van der Waals surface area contributed by atoms with E-state index in [2.05, 4.69) is 149 Å². The first kappa shape index (κ1) is 26.3. The zero-order valence-electron chi connectivity index (χ0n) is 27.8. The molecule has 2 aliphatic heterocycles. The van der Waals surface area contributed by atoms with Crippen molar-refractivity contribution in [3.8, 4) is 17.1 Å². The lowest BCUT2D eigenvalue weighted by Crippen LogP contribution is -2.60. The Hall–Kier alpha value is -6.60. The van der Waals surface area contributed by atoms with E-state index in [0.717, 1.165) is 61.3 Å². The fourth-order valence-electron chi connectivity index (χ4n) is 9.73. The first-order valence-electron chi connectivity index (χ1n) is 17.6. The lowest BCUT2D eigenvalue weighted by atomic mass is 9.33. The van der Waals surface area contributed by atoms with Crippen LogP contribution in [0.2, 0.25) is 0 Å². The number of furan rings is 1. The third-order valence-corrected chi connectivity index (χ3v) is 11.7. The fourth-order valence-corrected chi connectivity index (χ4v) is 9.73. The molecule has 0 fully saturated rings. The summed E-state index contributed by atoms with van der Waals surface area (Å²) in [6.07, 6.45) is 0. The molecule has 2 aliphatic rings. The third-order valence-electron chi connectivity index (χ3n) is 11.7. The summed E-state index contributed by atoms with van der Waals surface area (Å²) in [6, 6.07) is 44.0. The molecule has 0 saturated heterocycles. The van der Waals surface area contributed by atoms with E-state index < -0.39 is 0 Å². The number of benzene rings is 7. The molecule has 7 heteroatoms. The second-order valence-corrected chi connectivity index (χ2v) is 14.3. The van der Waals surface area contributed by atoms with Gasteiger partial charge in [-0.1, -0.05) is 78.9 Å². The van der Waals surface area contributed by atoms with E-state index in [9.17, 15) is 0 Å². The highest BCUT2D eigenvalue weighted by atomic mass is 16.3. The molecule has 7 aromatic carbocycles. The van der Waals surface area contributed by atoms with Crippen molar-refractivity contribution in [3.63, 3.8) is 0 Å². The van der Waals surface area contributed by atoms with Crippen LogP contribution in [0.3, 0.4) is 0 Å². The molecular weight excluding hydrogens is 625 g/mol. The van der Waals surface area contributed by atoms with Gasteiger partial charge >= 0.3 is 0 Å². The molecule has 6 nitrogen and oxygen atoms in total. The summed E-state index contributed by atoms with van der Waals surface area (Å²) in [6.45, 7) is 4.19. The highest BCUT2D eigenvalue weighted by molar-refractivity contribution is 7.03. The number of aryl methyl sites for hydroxylation is 2. The van der Waals surface area contributed by atoms with Gasteiger partial charge in [0.1, 0.15) is 11.2 Å². The number of hydrogen-bond donors (Lipinski definition) is 0. The third kappa shape index (κ3) is 3.00.